The second-order valence-corrected chi connectivity index (χ2v) is 9.28. The third-order valence-corrected chi connectivity index (χ3v) is 5.69. The molecule has 0 aliphatic rings. The zero-order valence-electron chi connectivity index (χ0n) is 18.4. The number of carbonyl (C=O) groups is 1. The van der Waals surface area contributed by atoms with Gasteiger partial charge in [0.15, 0.2) is 17.7 Å². The molecule has 0 radical (unpaired) electrons. The Labute approximate surface area is 208 Å². The van der Waals surface area contributed by atoms with Crippen molar-refractivity contribution in [2.24, 2.45) is 0 Å². The summed E-state index contributed by atoms with van der Waals surface area (Å²) in [7, 11) is 3.83. The molecular formula is C25H24Cl3FN2O2. The number of benzene rings is 3. The van der Waals surface area contributed by atoms with E-state index in [0.29, 0.717) is 27.2 Å². The van der Waals surface area contributed by atoms with E-state index in [4.69, 9.17) is 39.5 Å². The highest BCUT2D eigenvalue weighted by molar-refractivity contribution is 6.35. The second-order valence-electron chi connectivity index (χ2n) is 8.00. The predicted octanol–water partition coefficient (Wildman–Crippen LogP) is 6.63. The number of halogens is 4. The standard InChI is InChI=1S/C25H24Cl3FN2O2/c1-15(14-31(2)3)30-25(32)17-6-11-23(22(29)12-17)33-24(16-4-7-18(26)8-5-16)20-10-9-19(27)13-21(20)28/h4-13,15,24H,14H2,1-3H3,(H,30,32). The molecule has 0 bridgehead atoms. The number of nitrogens with zero attached hydrogens (tertiary/aromatic N) is 1. The maximum Gasteiger partial charge on any atom is 0.251 e. The van der Waals surface area contributed by atoms with Gasteiger partial charge in [-0.25, -0.2) is 4.39 Å². The largest absolute Gasteiger partial charge is 0.478 e. The lowest BCUT2D eigenvalue weighted by Gasteiger charge is -2.22. The topological polar surface area (TPSA) is 41.6 Å². The molecule has 1 amide bonds. The Morgan fingerprint density at radius 1 is 1.00 bits per heavy atom. The number of amides is 1. The number of likely N-dealkylation sites (N-methyl/N-ethyl adjacent to an activating group) is 1. The third-order valence-electron chi connectivity index (χ3n) is 4.87. The number of hydrogen-bond donors (Lipinski definition) is 1. The highest BCUT2D eigenvalue weighted by Crippen LogP contribution is 2.35. The molecule has 0 heterocycles. The molecule has 0 saturated heterocycles. The van der Waals surface area contributed by atoms with Gasteiger partial charge in [-0.2, -0.15) is 0 Å². The smallest absolute Gasteiger partial charge is 0.251 e. The SMILES string of the molecule is CC(CN(C)C)NC(=O)c1ccc(OC(c2ccc(Cl)cc2)c2ccc(Cl)cc2Cl)c(F)c1. The van der Waals surface area contributed by atoms with Gasteiger partial charge in [-0.15, -0.1) is 0 Å². The average Bonchev–Trinajstić information content (AvgIpc) is 2.73. The Hall–Kier alpha value is -2.31. The number of ether oxygens (including phenoxy) is 1. The summed E-state index contributed by atoms with van der Waals surface area (Å²) >= 11 is 18.5. The van der Waals surface area contributed by atoms with E-state index >= 15 is 0 Å². The van der Waals surface area contributed by atoms with Crippen LogP contribution in [0, 0.1) is 5.82 Å². The van der Waals surface area contributed by atoms with Gasteiger partial charge >= 0.3 is 0 Å². The van der Waals surface area contributed by atoms with Crippen LogP contribution < -0.4 is 10.1 Å². The van der Waals surface area contributed by atoms with Crippen LogP contribution in [0.4, 0.5) is 4.39 Å². The highest BCUT2D eigenvalue weighted by Gasteiger charge is 2.22. The van der Waals surface area contributed by atoms with E-state index in [1.807, 2.05) is 25.9 Å². The van der Waals surface area contributed by atoms with Crippen LogP contribution in [-0.4, -0.2) is 37.5 Å². The highest BCUT2D eigenvalue weighted by atomic mass is 35.5. The summed E-state index contributed by atoms with van der Waals surface area (Å²) in [5.41, 5.74) is 1.54. The van der Waals surface area contributed by atoms with Crippen LogP contribution in [0.25, 0.3) is 0 Å². The Bertz CT molecular complexity index is 1120. The van der Waals surface area contributed by atoms with Gasteiger partial charge in [0.05, 0.1) is 0 Å². The van der Waals surface area contributed by atoms with E-state index in [1.54, 1.807) is 42.5 Å². The fourth-order valence-corrected chi connectivity index (χ4v) is 4.06. The van der Waals surface area contributed by atoms with Gasteiger partial charge in [-0.1, -0.05) is 53.0 Å². The molecule has 0 saturated carbocycles. The zero-order chi connectivity index (χ0) is 24.1. The minimum absolute atomic E-state index is 0.0149. The van der Waals surface area contributed by atoms with Crippen LogP contribution in [0.1, 0.15) is 34.5 Å². The van der Waals surface area contributed by atoms with Crippen molar-refractivity contribution in [1.82, 2.24) is 10.2 Å². The second kappa shape index (κ2) is 11.2. The van der Waals surface area contributed by atoms with Crippen molar-refractivity contribution < 1.29 is 13.9 Å². The van der Waals surface area contributed by atoms with Gasteiger partial charge in [0, 0.05) is 38.8 Å². The van der Waals surface area contributed by atoms with Crippen molar-refractivity contribution in [3.63, 3.8) is 0 Å². The lowest BCUT2D eigenvalue weighted by molar-refractivity contribution is 0.0933. The summed E-state index contributed by atoms with van der Waals surface area (Å²) in [6, 6.07) is 16.1. The number of carbonyl (C=O) groups excluding carboxylic acids is 1. The molecule has 174 valence electrons. The summed E-state index contributed by atoms with van der Waals surface area (Å²) in [5.74, 6) is -1.03. The van der Waals surface area contributed by atoms with E-state index in [2.05, 4.69) is 5.32 Å². The fraction of sp³-hybridized carbons (Fsp3) is 0.240. The molecule has 2 atom stereocenters. The first kappa shape index (κ1) is 25.3. The van der Waals surface area contributed by atoms with E-state index in [0.717, 1.165) is 11.6 Å². The van der Waals surface area contributed by atoms with Crippen molar-refractivity contribution in [3.05, 3.63) is 98.2 Å². The predicted molar refractivity (Wildman–Crippen MR) is 132 cm³/mol. The average molecular weight is 510 g/mol. The van der Waals surface area contributed by atoms with Gasteiger partial charge in [-0.3, -0.25) is 4.79 Å². The molecular weight excluding hydrogens is 486 g/mol. The summed E-state index contributed by atoms with van der Waals surface area (Å²) in [6.45, 7) is 2.55. The molecule has 0 aliphatic heterocycles. The normalized spacial score (nSPS) is 13.0. The van der Waals surface area contributed by atoms with Crippen LogP contribution in [0.2, 0.25) is 15.1 Å². The Morgan fingerprint density at radius 3 is 2.27 bits per heavy atom. The van der Waals surface area contributed by atoms with Crippen molar-refractivity contribution in [3.8, 4) is 5.75 Å². The minimum Gasteiger partial charge on any atom is -0.478 e. The first-order valence-corrected chi connectivity index (χ1v) is 11.4. The van der Waals surface area contributed by atoms with Crippen LogP contribution in [0.5, 0.6) is 5.75 Å². The van der Waals surface area contributed by atoms with Crippen molar-refractivity contribution in [2.75, 3.05) is 20.6 Å². The molecule has 2 unspecified atom stereocenters. The molecule has 0 fully saturated rings. The number of hydrogen-bond acceptors (Lipinski definition) is 3. The van der Waals surface area contributed by atoms with Crippen molar-refractivity contribution >= 4 is 40.7 Å². The minimum atomic E-state index is -0.721. The Morgan fingerprint density at radius 2 is 1.67 bits per heavy atom. The molecule has 3 rings (SSSR count). The monoisotopic (exact) mass is 508 g/mol. The summed E-state index contributed by atoms with van der Waals surface area (Å²) < 4.78 is 21.1. The van der Waals surface area contributed by atoms with Crippen LogP contribution >= 0.6 is 34.8 Å². The van der Waals surface area contributed by atoms with Gasteiger partial charge in [0.25, 0.3) is 5.91 Å². The van der Waals surface area contributed by atoms with Crippen LogP contribution in [0.15, 0.2) is 60.7 Å². The van der Waals surface area contributed by atoms with E-state index in [9.17, 15) is 9.18 Å². The van der Waals surface area contributed by atoms with Gasteiger partial charge in [0.2, 0.25) is 0 Å². The molecule has 0 aliphatic carbocycles. The quantitative estimate of drug-likeness (QED) is 0.370. The number of rotatable bonds is 8. The van der Waals surface area contributed by atoms with E-state index in [-0.39, 0.29) is 23.3 Å². The molecule has 3 aromatic carbocycles. The molecule has 0 spiro atoms. The third kappa shape index (κ3) is 6.84. The first-order chi connectivity index (χ1) is 15.6. The maximum absolute atomic E-state index is 15.0. The van der Waals surface area contributed by atoms with Crippen molar-refractivity contribution in [1.29, 1.82) is 0 Å². The summed E-state index contributed by atoms with van der Waals surface area (Å²) in [5, 5.41) is 4.27. The summed E-state index contributed by atoms with van der Waals surface area (Å²) in [4.78, 5) is 14.5. The maximum atomic E-state index is 15.0. The molecule has 1 N–H and O–H groups in total. The lowest BCUT2D eigenvalue weighted by atomic mass is 10.0. The molecule has 3 aromatic rings. The van der Waals surface area contributed by atoms with E-state index < -0.39 is 11.9 Å². The van der Waals surface area contributed by atoms with Crippen LogP contribution in [0.3, 0.4) is 0 Å². The summed E-state index contributed by atoms with van der Waals surface area (Å²) in [6.07, 6.45) is -0.721. The Balaban J connectivity index is 1.88. The van der Waals surface area contributed by atoms with E-state index in [1.165, 1.54) is 12.1 Å². The molecule has 8 heteroatoms. The fourth-order valence-electron chi connectivity index (χ4n) is 3.43. The number of nitrogens with one attached hydrogen (secondary N) is 1. The lowest BCUT2D eigenvalue weighted by Crippen LogP contribution is -2.39. The van der Waals surface area contributed by atoms with Crippen LogP contribution in [-0.2, 0) is 0 Å². The zero-order valence-corrected chi connectivity index (χ0v) is 20.7. The molecule has 4 nitrogen and oxygen atoms in total. The first-order valence-electron chi connectivity index (χ1n) is 10.3. The van der Waals surface area contributed by atoms with Gasteiger partial charge in [0.1, 0.15) is 0 Å². The van der Waals surface area contributed by atoms with Gasteiger partial charge < -0.3 is 15.0 Å². The Kier molecular flexibility index (Phi) is 8.60. The van der Waals surface area contributed by atoms with Gasteiger partial charge in [-0.05, 0) is 69.0 Å². The van der Waals surface area contributed by atoms with Crippen molar-refractivity contribution in [2.45, 2.75) is 19.1 Å². The molecule has 0 aromatic heterocycles. The molecule has 33 heavy (non-hydrogen) atoms.